The molecule has 2 aliphatic rings. The smallest absolute Gasteiger partial charge is 0.316 e. The van der Waals surface area contributed by atoms with Crippen molar-refractivity contribution in [1.82, 2.24) is 0 Å². The van der Waals surface area contributed by atoms with E-state index in [1.165, 1.54) is 19.3 Å². The topological polar surface area (TPSA) is 43.4 Å². The molecule has 0 heterocycles. The van der Waals surface area contributed by atoms with Crippen LogP contribution in [0.4, 0.5) is 0 Å². The summed E-state index contributed by atoms with van der Waals surface area (Å²) in [7, 11) is 0. The van der Waals surface area contributed by atoms with Crippen LogP contribution in [0.1, 0.15) is 46.0 Å². The molecule has 2 rings (SSSR count). The first-order valence-electron chi connectivity index (χ1n) is 6.87. The quantitative estimate of drug-likeness (QED) is 0.546. The monoisotopic (exact) mass is 238 g/mol. The molecule has 2 bridgehead atoms. The van der Waals surface area contributed by atoms with Crippen molar-refractivity contribution in [3.63, 3.8) is 0 Å². The first-order chi connectivity index (χ1) is 8.17. The van der Waals surface area contributed by atoms with Crippen LogP contribution in [0.5, 0.6) is 0 Å². The molecular weight excluding hydrogens is 216 g/mol. The Kier molecular flexibility index (Phi) is 3.85. The highest BCUT2D eigenvalue weighted by Crippen LogP contribution is 2.49. The molecule has 0 spiro atoms. The first-order valence-corrected chi connectivity index (χ1v) is 6.87. The Morgan fingerprint density at radius 3 is 2.47 bits per heavy atom. The summed E-state index contributed by atoms with van der Waals surface area (Å²) in [5, 5.41) is 0. The predicted octanol–water partition coefficient (Wildman–Crippen LogP) is 2.58. The number of fused-ring (bicyclic) bond motifs is 2. The Labute approximate surface area is 103 Å². The summed E-state index contributed by atoms with van der Waals surface area (Å²) in [6, 6.07) is 0. The van der Waals surface area contributed by atoms with Gasteiger partial charge in [-0.05, 0) is 44.4 Å². The van der Waals surface area contributed by atoms with Gasteiger partial charge in [0.2, 0.25) is 0 Å². The Bertz CT molecular complexity index is 311. The number of Topliss-reactive ketones (excluding diaryl/α,β-unsaturated/α-hetero) is 1. The van der Waals surface area contributed by atoms with Gasteiger partial charge in [0.1, 0.15) is 11.7 Å². The number of rotatable bonds is 5. The Morgan fingerprint density at radius 1 is 1.24 bits per heavy atom. The summed E-state index contributed by atoms with van der Waals surface area (Å²) >= 11 is 0. The number of ketones is 1. The van der Waals surface area contributed by atoms with Gasteiger partial charge in [0, 0.05) is 5.92 Å². The van der Waals surface area contributed by atoms with E-state index in [9.17, 15) is 9.59 Å². The van der Waals surface area contributed by atoms with E-state index in [0.717, 1.165) is 12.3 Å². The third kappa shape index (κ3) is 2.38. The fourth-order valence-corrected chi connectivity index (χ4v) is 3.58. The molecule has 0 N–H and O–H groups in total. The Balaban J connectivity index is 2.00. The van der Waals surface area contributed by atoms with Gasteiger partial charge in [0.25, 0.3) is 0 Å². The normalized spacial score (nSPS) is 32.5. The first kappa shape index (κ1) is 12.6. The molecule has 0 aromatic heterocycles. The molecule has 0 amide bonds. The lowest BCUT2D eigenvalue weighted by atomic mass is 9.80. The van der Waals surface area contributed by atoms with Gasteiger partial charge in [-0.3, -0.25) is 9.59 Å². The zero-order chi connectivity index (χ0) is 12.4. The average Bonchev–Trinajstić information content (AvgIpc) is 2.91. The van der Waals surface area contributed by atoms with E-state index in [2.05, 4.69) is 0 Å². The van der Waals surface area contributed by atoms with Crippen molar-refractivity contribution in [2.75, 3.05) is 6.61 Å². The summed E-state index contributed by atoms with van der Waals surface area (Å²) in [5.74, 6) is 0.757. The second-order valence-corrected chi connectivity index (χ2v) is 5.40. The summed E-state index contributed by atoms with van der Waals surface area (Å²) in [4.78, 5) is 24.1. The molecule has 3 heteroatoms. The van der Waals surface area contributed by atoms with Crippen LogP contribution in [-0.2, 0) is 14.3 Å². The molecule has 2 saturated carbocycles. The molecule has 96 valence electrons. The van der Waals surface area contributed by atoms with Crippen molar-refractivity contribution >= 4 is 11.8 Å². The van der Waals surface area contributed by atoms with Gasteiger partial charge >= 0.3 is 5.97 Å². The van der Waals surface area contributed by atoms with E-state index in [1.807, 2.05) is 6.92 Å². The van der Waals surface area contributed by atoms with Crippen molar-refractivity contribution in [2.45, 2.75) is 46.0 Å². The van der Waals surface area contributed by atoms with Crippen molar-refractivity contribution < 1.29 is 14.3 Å². The average molecular weight is 238 g/mol. The van der Waals surface area contributed by atoms with E-state index in [4.69, 9.17) is 4.74 Å². The second-order valence-electron chi connectivity index (χ2n) is 5.40. The lowest BCUT2D eigenvalue weighted by Crippen LogP contribution is -2.33. The van der Waals surface area contributed by atoms with Crippen LogP contribution < -0.4 is 0 Å². The van der Waals surface area contributed by atoms with Crippen LogP contribution in [0.2, 0.25) is 0 Å². The van der Waals surface area contributed by atoms with Gasteiger partial charge in [-0.25, -0.2) is 0 Å². The zero-order valence-corrected chi connectivity index (χ0v) is 10.8. The summed E-state index contributed by atoms with van der Waals surface area (Å²) < 4.78 is 5.00. The standard InChI is InChI=1S/C14H22O3/c1-3-11(14(16)17-4-2)13(15)12-8-9-5-6-10(12)7-9/h9-12H,3-8H2,1-2H3. The predicted molar refractivity (Wildman–Crippen MR) is 64.4 cm³/mol. The molecule has 0 aromatic carbocycles. The van der Waals surface area contributed by atoms with Crippen molar-refractivity contribution in [2.24, 2.45) is 23.7 Å². The number of carbonyl (C=O) groups excluding carboxylic acids is 2. The highest BCUT2D eigenvalue weighted by molar-refractivity contribution is 6.00. The lowest BCUT2D eigenvalue weighted by Gasteiger charge is -2.23. The molecular formula is C14H22O3. The van der Waals surface area contributed by atoms with E-state index in [1.54, 1.807) is 6.92 Å². The van der Waals surface area contributed by atoms with Crippen LogP contribution in [0, 0.1) is 23.7 Å². The maximum absolute atomic E-state index is 12.4. The highest BCUT2D eigenvalue weighted by atomic mass is 16.5. The van der Waals surface area contributed by atoms with Crippen LogP contribution in [0.15, 0.2) is 0 Å². The fourth-order valence-electron chi connectivity index (χ4n) is 3.58. The molecule has 3 nitrogen and oxygen atoms in total. The maximum atomic E-state index is 12.4. The van der Waals surface area contributed by atoms with Crippen molar-refractivity contribution in [3.05, 3.63) is 0 Å². The molecule has 2 fully saturated rings. The number of hydrogen-bond acceptors (Lipinski definition) is 3. The number of esters is 1. The third-order valence-corrected chi connectivity index (χ3v) is 4.43. The third-order valence-electron chi connectivity index (χ3n) is 4.43. The molecule has 0 radical (unpaired) electrons. The molecule has 4 unspecified atom stereocenters. The second kappa shape index (κ2) is 5.19. The SMILES string of the molecule is CCOC(=O)C(CC)C(=O)C1CC2CCC1C2. The van der Waals surface area contributed by atoms with E-state index in [-0.39, 0.29) is 17.7 Å². The van der Waals surface area contributed by atoms with Gasteiger partial charge in [-0.2, -0.15) is 0 Å². The van der Waals surface area contributed by atoms with Crippen molar-refractivity contribution in [1.29, 1.82) is 0 Å². The lowest BCUT2D eigenvalue weighted by molar-refractivity contribution is -0.153. The summed E-state index contributed by atoms with van der Waals surface area (Å²) in [6.45, 7) is 4.04. The van der Waals surface area contributed by atoms with E-state index >= 15 is 0 Å². The van der Waals surface area contributed by atoms with Gasteiger partial charge < -0.3 is 4.74 Å². The number of carbonyl (C=O) groups is 2. The van der Waals surface area contributed by atoms with Crippen LogP contribution in [-0.4, -0.2) is 18.4 Å². The molecule has 17 heavy (non-hydrogen) atoms. The zero-order valence-electron chi connectivity index (χ0n) is 10.8. The van der Waals surface area contributed by atoms with Crippen LogP contribution in [0.3, 0.4) is 0 Å². The number of hydrogen-bond donors (Lipinski definition) is 0. The molecule has 4 atom stereocenters. The van der Waals surface area contributed by atoms with Gasteiger partial charge in [-0.1, -0.05) is 13.3 Å². The minimum atomic E-state index is -0.515. The van der Waals surface area contributed by atoms with Crippen molar-refractivity contribution in [3.8, 4) is 0 Å². The van der Waals surface area contributed by atoms with E-state index in [0.29, 0.717) is 18.9 Å². The molecule has 2 aliphatic carbocycles. The van der Waals surface area contributed by atoms with E-state index < -0.39 is 5.92 Å². The Morgan fingerprint density at radius 2 is 2.00 bits per heavy atom. The van der Waals surface area contributed by atoms with Gasteiger partial charge in [0.05, 0.1) is 6.61 Å². The van der Waals surface area contributed by atoms with Crippen LogP contribution >= 0.6 is 0 Å². The van der Waals surface area contributed by atoms with Gasteiger partial charge in [0.15, 0.2) is 0 Å². The summed E-state index contributed by atoms with van der Waals surface area (Å²) in [5.41, 5.74) is 0. The maximum Gasteiger partial charge on any atom is 0.316 e. The highest BCUT2D eigenvalue weighted by Gasteiger charge is 2.45. The van der Waals surface area contributed by atoms with Crippen LogP contribution in [0.25, 0.3) is 0 Å². The minimum absolute atomic E-state index is 0.142. The molecule has 0 aliphatic heterocycles. The Hall–Kier alpha value is -0.860. The number of ether oxygens (including phenoxy) is 1. The molecule has 0 aromatic rings. The van der Waals surface area contributed by atoms with Gasteiger partial charge in [-0.15, -0.1) is 0 Å². The fraction of sp³-hybridized carbons (Fsp3) is 0.857. The summed E-state index contributed by atoms with van der Waals surface area (Å²) in [6.07, 6.45) is 5.26. The minimum Gasteiger partial charge on any atom is -0.465 e. The molecule has 0 saturated heterocycles. The largest absolute Gasteiger partial charge is 0.465 e.